The predicted molar refractivity (Wildman–Crippen MR) is 96.0 cm³/mol. The fourth-order valence-electron chi connectivity index (χ4n) is 3.41. The van der Waals surface area contributed by atoms with E-state index in [2.05, 4.69) is 17.0 Å². The van der Waals surface area contributed by atoms with Gasteiger partial charge in [0.05, 0.1) is 23.3 Å². The zero-order chi connectivity index (χ0) is 17.3. The van der Waals surface area contributed by atoms with E-state index in [-0.39, 0.29) is 6.04 Å². The van der Waals surface area contributed by atoms with Crippen molar-refractivity contribution in [3.8, 4) is 6.07 Å². The molecule has 1 aliphatic heterocycles. The van der Waals surface area contributed by atoms with Crippen molar-refractivity contribution in [2.24, 2.45) is 5.73 Å². The van der Waals surface area contributed by atoms with Crippen LogP contribution in [-0.2, 0) is 4.74 Å². The van der Waals surface area contributed by atoms with Crippen LogP contribution in [0.15, 0.2) is 18.2 Å². The summed E-state index contributed by atoms with van der Waals surface area (Å²) in [5, 5.41) is 10.5. The van der Waals surface area contributed by atoms with Gasteiger partial charge in [0, 0.05) is 31.6 Å². The Morgan fingerprint density at radius 3 is 2.62 bits per heavy atom. The minimum atomic E-state index is -0.124. The highest BCUT2D eigenvalue weighted by Crippen LogP contribution is 2.30. The van der Waals surface area contributed by atoms with Crippen molar-refractivity contribution in [3.05, 3.63) is 34.9 Å². The summed E-state index contributed by atoms with van der Waals surface area (Å²) in [7, 11) is 1.76. The number of rotatable bonds is 3. The SMILES string of the molecule is COC1CCN(c2cc(C#N)c3cc(C)cc(C(C)N)c3n2)CC1. The second-order valence-electron chi connectivity index (χ2n) is 6.60. The normalized spacial score (nSPS) is 17.0. The zero-order valence-electron chi connectivity index (χ0n) is 14.5. The third-order valence-corrected chi connectivity index (χ3v) is 4.78. The summed E-state index contributed by atoms with van der Waals surface area (Å²) < 4.78 is 5.44. The molecule has 126 valence electrons. The number of benzene rings is 1. The summed E-state index contributed by atoms with van der Waals surface area (Å²) >= 11 is 0. The first kappa shape index (κ1) is 16.7. The van der Waals surface area contributed by atoms with Gasteiger partial charge in [0.2, 0.25) is 0 Å². The number of nitriles is 1. The van der Waals surface area contributed by atoms with E-state index in [9.17, 15) is 5.26 Å². The minimum absolute atomic E-state index is 0.124. The van der Waals surface area contributed by atoms with Crippen molar-refractivity contribution in [3.63, 3.8) is 0 Å². The lowest BCUT2D eigenvalue weighted by atomic mass is 9.98. The fraction of sp³-hybridized carbons (Fsp3) is 0.474. The number of hydrogen-bond acceptors (Lipinski definition) is 5. The molecule has 2 aromatic rings. The lowest BCUT2D eigenvalue weighted by molar-refractivity contribution is 0.0818. The number of fused-ring (bicyclic) bond motifs is 1. The van der Waals surface area contributed by atoms with Crippen LogP contribution in [0.5, 0.6) is 0 Å². The molecule has 0 saturated carbocycles. The van der Waals surface area contributed by atoms with Crippen LogP contribution in [-0.4, -0.2) is 31.3 Å². The van der Waals surface area contributed by atoms with Crippen LogP contribution in [0.25, 0.3) is 10.9 Å². The molecule has 1 fully saturated rings. The van der Waals surface area contributed by atoms with E-state index in [1.807, 2.05) is 26.0 Å². The topological polar surface area (TPSA) is 75.2 Å². The molecule has 3 rings (SSSR count). The van der Waals surface area contributed by atoms with Crippen LogP contribution in [0, 0.1) is 18.3 Å². The lowest BCUT2D eigenvalue weighted by Crippen LogP contribution is -2.37. The molecule has 5 heteroatoms. The molecule has 1 aromatic heterocycles. The van der Waals surface area contributed by atoms with Crippen LogP contribution < -0.4 is 10.6 Å². The Balaban J connectivity index is 2.09. The number of ether oxygens (including phenoxy) is 1. The number of aryl methyl sites for hydroxylation is 1. The van der Waals surface area contributed by atoms with Crippen molar-refractivity contribution < 1.29 is 4.74 Å². The molecule has 2 heterocycles. The maximum Gasteiger partial charge on any atom is 0.130 e. The van der Waals surface area contributed by atoms with Crippen LogP contribution in [0.3, 0.4) is 0 Å². The van der Waals surface area contributed by atoms with Crippen molar-refractivity contribution in [2.45, 2.75) is 38.8 Å². The van der Waals surface area contributed by atoms with E-state index < -0.39 is 0 Å². The zero-order valence-corrected chi connectivity index (χ0v) is 14.5. The second kappa shape index (κ2) is 6.76. The molecular formula is C19H24N4O. The summed E-state index contributed by atoms with van der Waals surface area (Å²) in [6.07, 6.45) is 2.28. The van der Waals surface area contributed by atoms with E-state index >= 15 is 0 Å². The summed E-state index contributed by atoms with van der Waals surface area (Å²) in [5.74, 6) is 0.861. The Hall–Kier alpha value is -2.16. The van der Waals surface area contributed by atoms with Gasteiger partial charge in [0.1, 0.15) is 5.82 Å². The maximum atomic E-state index is 9.61. The van der Waals surface area contributed by atoms with Crippen molar-refractivity contribution in [1.82, 2.24) is 4.98 Å². The second-order valence-corrected chi connectivity index (χ2v) is 6.60. The summed E-state index contributed by atoms with van der Waals surface area (Å²) in [6, 6.07) is 8.20. The summed E-state index contributed by atoms with van der Waals surface area (Å²) in [6.45, 7) is 5.76. The first-order chi connectivity index (χ1) is 11.5. The highest BCUT2D eigenvalue weighted by atomic mass is 16.5. The van der Waals surface area contributed by atoms with Crippen LogP contribution >= 0.6 is 0 Å². The van der Waals surface area contributed by atoms with Crippen molar-refractivity contribution in [1.29, 1.82) is 5.26 Å². The highest BCUT2D eigenvalue weighted by molar-refractivity contribution is 5.90. The molecule has 0 spiro atoms. The van der Waals surface area contributed by atoms with Crippen molar-refractivity contribution in [2.75, 3.05) is 25.1 Å². The highest BCUT2D eigenvalue weighted by Gasteiger charge is 2.21. The molecule has 1 aromatic carbocycles. The monoisotopic (exact) mass is 324 g/mol. The molecule has 24 heavy (non-hydrogen) atoms. The number of methoxy groups -OCH3 is 1. The van der Waals surface area contributed by atoms with Gasteiger partial charge in [-0.15, -0.1) is 0 Å². The van der Waals surface area contributed by atoms with E-state index in [0.29, 0.717) is 11.7 Å². The first-order valence-electron chi connectivity index (χ1n) is 8.42. The molecule has 1 unspecified atom stereocenters. The molecule has 0 radical (unpaired) electrons. The molecule has 5 nitrogen and oxygen atoms in total. The Kier molecular flexibility index (Phi) is 4.70. The summed E-state index contributed by atoms with van der Waals surface area (Å²) in [5.41, 5.74) is 9.75. The van der Waals surface area contributed by atoms with E-state index in [0.717, 1.165) is 53.8 Å². The van der Waals surface area contributed by atoms with E-state index in [1.165, 1.54) is 0 Å². The molecule has 0 aliphatic carbocycles. The molecule has 0 bridgehead atoms. The standard InChI is InChI=1S/C19H24N4O/c1-12-8-16(13(2)21)19-17(9-12)14(11-20)10-18(22-19)23-6-4-15(24-3)5-7-23/h8-10,13,15H,4-7,21H2,1-3H3. The molecule has 1 aliphatic rings. The number of nitrogens with zero attached hydrogens (tertiary/aromatic N) is 3. The van der Waals surface area contributed by atoms with Crippen LogP contribution in [0.2, 0.25) is 0 Å². The first-order valence-corrected chi connectivity index (χ1v) is 8.42. The Bertz CT molecular complexity index is 786. The maximum absolute atomic E-state index is 9.61. The van der Waals surface area contributed by atoms with Gasteiger partial charge >= 0.3 is 0 Å². The molecule has 2 N–H and O–H groups in total. The number of pyridine rings is 1. The Labute approximate surface area is 143 Å². The number of anilines is 1. The molecule has 0 amide bonds. The molecular weight excluding hydrogens is 300 g/mol. The smallest absolute Gasteiger partial charge is 0.130 e. The number of nitrogens with two attached hydrogens (primary N) is 1. The van der Waals surface area contributed by atoms with Gasteiger partial charge in [-0.2, -0.15) is 5.26 Å². The fourth-order valence-corrected chi connectivity index (χ4v) is 3.41. The average Bonchev–Trinajstić information content (AvgIpc) is 2.60. The largest absolute Gasteiger partial charge is 0.381 e. The minimum Gasteiger partial charge on any atom is -0.381 e. The Morgan fingerprint density at radius 2 is 2.04 bits per heavy atom. The van der Waals surface area contributed by atoms with Gasteiger partial charge in [0.15, 0.2) is 0 Å². The number of aromatic nitrogens is 1. The van der Waals surface area contributed by atoms with Gasteiger partial charge in [0.25, 0.3) is 0 Å². The average molecular weight is 324 g/mol. The number of hydrogen-bond donors (Lipinski definition) is 1. The van der Waals surface area contributed by atoms with Gasteiger partial charge < -0.3 is 15.4 Å². The van der Waals surface area contributed by atoms with Gasteiger partial charge in [-0.3, -0.25) is 0 Å². The molecule has 1 saturated heterocycles. The lowest BCUT2D eigenvalue weighted by Gasteiger charge is -2.32. The Morgan fingerprint density at radius 1 is 1.33 bits per heavy atom. The predicted octanol–water partition coefficient (Wildman–Crippen LogP) is 3.05. The van der Waals surface area contributed by atoms with Crippen LogP contribution in [0.1, 0.15) is 42.5 Å². The summed E-state index contributed by atoms with van der Waals surface area (Å²) in [4.78, 5) is 7.11. The third-order valence-electron chi connectivity index (χ3n) is 4.78. The van der Waals surface area contributed by atoms with Gasteiger partial charge in [-0.05, 0) is 44.4 Å². The molecule has 1 atom stereocenters. The van der Waals surface area contributed by atoms with Crippen LogP contribution in [0.4, 0.5) is 5.82 Å². The van der Waals surface area contributed by atoms with Gasteiger partial charge in [-0.25, -0.2) is 4.98 Å². The van der Waals surface area contributed by atoms with Crippen molar-refractivity contribution >= 4 is 16.7 Å². The quantitative estimate of drug-likeness (QED) is 0.939. The third kappa shape index (κ3) is 3.08. The van der Waals surface area contributed by atoms with Gasteiger partial charge in [-0.1, -0.05) is 11.6 Å². The van der Waals surface area contributed by atoms with E-state index in [4.69, 9.17) is 15.5 Å². The number of piperidine rings is 1. The van der Waals surface area contributed by atoms with E-state index in [1.54, 1.807) is 7.11 Å².